The van der Waals surface area contributed by atoms with Crippen LogP contribution in [0.5, 0.6) is 0 Å². The number of hydrogen-bond acceptors (Lipinski definition) is 18. The third-order valence-electron chi connectivity index (χ3n) is 33.8. The number of hydrogen-bond donors (Lipinski definition) is 6. The molecule has 0 radical (unpaired) electrons. The summed E-state index contributed by atoms with van der Waals surface area (Å²) in [5, 5.41) is 41.0. The second-order valence-electron chi connectivity index (χ2n) is 45.8. The Morgan fingerprint density at radius 2 is 0.682 bits per heavy atom. The van der Waals surface area contributed by atoms with Crippen LogP contribution in [0.2, 0.25) is 0 Å². The van der Waals surface area contributed by atoms with Crippen molar-refractivity contribution in [2.45, 2.75) is 322 Å². The first-order valence-corrected chi connectivity index (χ1v) is 57.1. The quantitative estimate of drug-likeness (QED) is 0.0215. The highest BCUT2D eigenvalue weighted by Crippen LogP contribution is 2.48. The first kappa shape index (κ1) is 109. The Morgan fingerprint density at radius 3 is 0.966 bits per heavy atom. The summed E-state index contributed by atoms with van der Waals surface area (Å²) in [5.74, 6) is 5.63. The summed E-state index contributed by atoms with van der Waals surface area (Å²) in [6, 6.07) is 28.4. The first-order valence-electron chi connectivity index (χ1n) is 55.5. The molecule has 1 unspecified atom stereocenters. The highest BCUT2D eigenvalue weighted by atomic mass is 32.1. The van der Waals surface area contributed by atoms with E-state index in [-0.39, 0.29) is 87.2 Å². The molecule has 9 heterocycles. The number of nitrogens with one attached hydrogen (secondary N) is 3. The summed E-state index contributed by atoms with van der Waals surface area (Å²) in [5.41, 5.74) is 10.3. The van der Waals surface area contributed by atoms with Crippen LogP contribution in [0.3, 0.4) is 0 Å². The average molecular weight is 2050 g/mol. The SMILES string of the molecule is CCCC1CCC(C2CC=C(c3cnc(-c4ccc(C[C@H](NC(=O)c5ccc(C(C)C)s5)C(=O)N5CC(C(=O)O)C5)cc4)nc3)CC2)CC1.CCCC1CCC(C2CCC(c3cnc(-c4ccc(C[C@H](NC(=O)c5ccc(C(C)C)s5)C(=O)N5CC(C(=O)O)C5)cc4)nc3)CC2)CC1.CCCC1CCC(C2CCC(c3cnc(-c4ccc(C[C@H](NC(=O)c5cnn(C(C)(C)C)c5)C(=O)N5CC(C(=O)O)C5)cc4)nc3)CC2)CC1. The van der Waals surface area contributed by atoms with E-state index in [1.165, 1.54) is 234 Å². The van der Waals surface area contributed by atoms with Gasteiger partial charge >= 0.3 is 17.9 Å². The number of thiophene rings is 2. The summed E-state index contributed by atoms with van der Waals surface area (Å²) in [6.45, 7) is 22.1. The smallest absolute Gasteiger partial charge is 0.310 e. The minimum Gasteiger partial charge on any atom is -0.481 e. The molecule has 790 valence electrons. The third kappa shape index (κ3) is 28.4. The minimum absolute atomic E-state index is 0.135. The van der Waals surface area contributed by atoms with E-state index in [2.05, 4.69) is 75.6 Å². The van der Waals surface area contributed by atoms with Crippen molar-refractivity contribution >= 4 is 81.6 Å². The lowest BCUT2D eigenvalue weighted by atomic mass is 9.68. The van der Waals surface area contributed by atoms with Crippen molar-refractivity contribution in [1.82, 2.24) is 70.3 Å². The Hall–Kier alpha value is -11.5. The second-order valence-corrected chi connectivity index (χ2v) is 48.1. The molecule has 0 bridgehead atoms. The van der Waals surface area contributed by atoms with E-state index in [4.69, 9.17) is 29.9 Å². The second kappa shape index (κ2) is 50.9. The number of carboxylic acid groups (broad SMARTS) is 3. The minimum atomic E-state index is -0.919. The summed E-state index contributed by atoms with van der Waals surface area (Å²) in [4.78, 5) is 150. The molecule has 0 spiro atoms. The molecule has 28 heteroatoms. The van der Waals surface area contributed by atoms with Crippen molar-refractivity contribution < 1.29 is 58.5 Å². The fourth-order valence-corrected chi connectivity index (χ4v) is 26.2. The lowest BCUT2D eigenvalue weighted by Crippen LogP contribution is -2.59. The van der Waals surface area contributed by atoms with Crippen LogP contribution in [0.15, 0.2) is 153 Å². The highest BCUT2D eigenvalue weighted by molar-refractivity contribution is 7.14. The largest absolute Gasteiger partial charge is 0.481 e. The third-order valence-corrected chi connectivity index (χ3v) is 36.6. The zero-order valence-electron chi connectivity index (χ0n) is 88.5. The van der Waals surface area contributed by atoms with Crippen LogP contribution in [0, 0.1) is 71.0 Å². The number of rotatable bonds is 35. The van der Waals surface area contributed by atoms with E-state index in [1.807, 2.05) is 143 Å². The van der Waals surface area contributed by atoms with E-state index in [0.717, 1.165) is 115 Å². The molecular weight excluding hydrogens is 1890 g/mol. The van der Waals surface area contributed by atoms with Crippen LogP contribution < -0.4 is 16.0 Å². The molecule has 6 aromatic heterocycles. The number of benzene rings is 3. The lowest BCUT2D eigenvalue weighted by molar-refractivity contribution is -0.155. The molecule has 3 saturated heterocycles. The van der Waals surface area contributed by atoms with Gasteiger partial charge in [-0.05, 0) is 265 Å². The topological polar surface area (TPSA) is 355 Å². The molecule has 3 aliphatic heterocycles. The van der Waals surface area contributed by atoms with Gasteiger partial charge in [-0.25, -0.2) is 29.9 Å². The van der Waals surface area contributed by atoms with Crippen molar-refractivity contribution in [3.63, 3.8) is 0 Å². The van der Waals surface area contributed by atoms with Crippen LogP contribution in [0.25, 0.3) is 39.7 Å². The maximum absolute atomic E-state index is 13.5. The first-order chi connectivity index (χ1) is 71.3. The number of nitrogens with zero attached hydrogens (tertiary/aromatic N) is 11. The van der Waals surface area contributed by atoms with Crippen LogP contribution >= 0.6 is 22.7 Å². The molecular formula is C120H156N14O12S2. The predicted octanol–water partition coefficient (Wildman–Crippen LogP) is 23.0. The maximum Gasteiger partial charge on any atom is 0.310 e. The summed E-state index contributed by atoms with van der Waals surface area (Å²) < 4.78 is 1.71. The molecule has 3 aromatic carbocycles. The Kier molecular flexibility index (Phi) is 37.5. The van der Waals surface area contributed by atoms with Crippen LogP contribution in [-0.2, 0) is 53.6 Å². The van der Waals surface area contributed by atoms with Crippen molar-refractivity contribution in [2.24, 2.45) is 71.0 Å². The Balaban J connectivity index is 0.000000158. The van der Waals surface area contributed by atoms with Crippen molar-refractivity contribution in [2.75, 3.05) is 39.3 Å². The van der Waals surface area contributed by atoms with Crippen LogP contribution in [0.1, 0.15) is 352 Å². The van der Waals surface area contributed by atoms with Gasteiger partial charge in [0.2, 0.25) is 17.7 Å². The van der Waals surface area contributed by atoms with Gasteiger partial charge in [-0.15, -0.1) is 22.7 Å². The molecule has 18 rings (SSSR count). The molecule has 5 saturated carbocycles. The molecule has 9 aromatic rings. The normalized spacial score (nSPS) is 23.0. The molecule has 8 fully saturated rings. The lowest BCUT2D eigenvalue weighted by Gasteiger charge is -2.38. The Labute approximate surface area is 882 Å². The number of carbonyl (C=O) groups is 9. The number of carboxylic acids is 3. The molecule has 6 aliphatic carbocycles. The highest BCUT2D eigenvalue weighted by Gasteiger charge is 2.44. The van der Waals surface area contributed by atoms with Gasteiger partial charge < -0.3 is 46.0 Å². The van der Waals surface area contributed by atoms with Gasteiger partial charge in [-0.2, -0.15) is 5.10 Å². The molecule has 148 heavy (non-hydrogen) atoms. The zero-order valence-corrected chi connectivity index (χ0v) is 90.2. The monoisotopic (exact) mass is 2050 g/mol. The predicted molar refractivity (Wildman–Crippen MR) is 580 cm³/mol. The van der Waals surface area contributed by atoms with Gasteiger partial charge in [0.1, 0.15) is 18.1 Å². The summed E-state index contributed by atoms with van der Waals surface area (Å²) in [6.07, 6.45) is 57.3. The van der Waals surface area contributed by atoms with Crippen LogP contribution in [0.4, 0.5) is 0 Å². The number of aliphatic carboxylic acids is 3. The van der Waals surface area contributed by atoms with Crippen molar-refractivity contribution in [1.29, 1.82) is 0 Å². The van der Waals surface area contributed by atoms with Gasteiger partial charge in [0.25, 0.3) is 17.7 Å². The van der Waals surface area contributed by atoms with E-state index in [1.54, 1.807) is 23.0 Å². The average Bonchev–Trinajstić information content (AvgIpc) is 0.987. The molecule has 26 nitrogen and oxygen atoms in total. The van der Waals surface area contributed by atoms with E-state index < -0.39 is 59.7 Å². The van der Waals surface area contributed by atoms with Gasteiger partial charge in [0, 0.05) is 134 Å². The maximum atomic E-state index is 13.5. The van der Waals surface area contributed by atoms with Crippen molar-refractivity contribution in [3.05, 3.63) is 211 Å². The van der Waals surface area contributed by atoms with E-state index >= 15 is 0 Å². The Bertz CT molecular complexity index is 5960. The fraction of sp³-hybridized carbons (Fsp3) is 0.567. The van der Waals surface area contributed by atoms with Gasteiger partial charge in [-0.3, -0.25) is 47.8 Å². The Morgan fingerprint density at radius 1 is 0.372 bits per heavy atom. The fourth-order valence-electron chi connectivity index (χ4n) is 24.4. The van der Waals surface area contributed by atoms with Crippen molar-refractivity contribution in [3.8, 4) is 34.2 Å². The molecule has 6 amide bonds. The molecule has 9 aliphatic rings. The van der Waals surface area contributed by atoms with Gasteiger partial charge in [-0.1, -0.05) is 204 Å². The summed E-state index contributed by atoms with van der Waals surface area (Å²) in [7, 11) is 0. The number of amides is 6. The number of allylic oxidation sites excluding steroid dienone is 2. The molecule has 6 N–H and O–H groups in total. The number of likely N-dealkylation sites (tertiary alicyclic amines) is 3. The van der Waals surface area contributed by atoms with Gasteiger partial charge in [0.15, 0.2) is 17.5 Å². The van der Waals surface area contributed by atoms with Gasteiger partial charge in [0.05, 0.1) is 44.8 Å². The standard InChI is InChI=1S/C40H54N6O4.C40H52N4O4S.C40H50N4O4S/c1-5-6-26-7-11-28(12-8-26)29-15-17-30(18-16-29)32-20-41-36(42-21-32)31-13-9-27(10-14-31)19-35(38(48)45-23-34(24-45)39(49)50)44-37(47)33-22-43-46(25-33)40(2,3)4;2*1-4-5-26-6-10-28(11-7-26)29-14-16-30(17-15-29)32-21-41-37(42-22-32)31-12-8-27(9-13-31)20-34(39(46)44-23-33(24-44)40(47)48)43-38(45)36-19-18-35(49-36)25(2)3/h9-10,13-14,20-22,25-26,28-30,34-35H,5-8,11-12,15-19,23-24H2,1-4H3,(H,44,47)(H,49,50);8-9,12-13,18-19,21-22,25-26,28-30,33-34H,4-7,10-11,14-17,20,23-24H2,1-3H3,(H,43,45)(H,47,48);8-9,12-13,16,18-19,21-22,25-26,28-29,33-34H,4-7,10-11,14-15,17,20,23-24H2,1-3H3,(H,43,45)(H,47,48)/t26?,28?,29?,30?,35-;26?,28?,29?,30?,34-;26?,28?,29?,34-/m000/s1. The van der Waals surface area contributed by atoms with Crippen LogP contribution in [-0.4, -0.2) is 180 Å². The van der Waals surface area contributed by atoms with E-state index in [0.29, 0.717) is 62.9 Å². The van der Waals surface area contributed by atoms with E-state index in [9.17, 15) is 58.5 Å². The number of aromatic nitrogens is 8. The zero-order chi connectivity index (χ0) is 104. The summed E-state index contributed by atoms with van der Waals surface area (Å²) >= 11 is 2.86. The molecule has 4 atom stereocenters. The number of carbonyl (C=O) groups excluding carboxylic acids is 6.